The summed E-state index contributed by atoms with van der Waals surface area (Å²) in [5.74, 6) is -1.66. The zero-order valence-corrected chi connectivity index (χ0v) is 11.6. The molecule has 1 fully saturated rings. The van der Waals surface area contributed by atoms with Crippen LogP contribution < -0.4 is 0 Å². The fraction of sp³-hybridized carbons (Fsp3) is 0.733. The highest BCUT2D eigenvalue weighted by molar-refractivity contribution is 5.34. The highest BCUT2D eigenvalue weighted by Gasteiger charge is 2.43. The lowest BCUT2D eigenvalue weighted by Gasteiger charge is -2.46. The molecule has 0 radical (unpaired) electrons. The topological polar surface area (TPSA) is 0 Å². The third-order valence-corrected chi connectivity index (χ3v) is 4.38. The van der Waals surface area contributed by atoms with E-state index >= 15 is 0 Å². The molecule has 2 heteroatoms. The van der Waals surface area contributed by atoms with Gasteiger partial charge in [0.15, 0.2) is 0 Å². The Bertz CT molecular complexity index is 328. The molecular weight excluding hydrogens is 218 g/mol. The third kappa shape index (κ3) is 2.61. The average molecular weight is 242 g/mol. The lowest BCUT2D eigenvalue weighted by Crippen LogP contribution is -2.38. The highest BCUT2D eigenvalue weighted by Crippen LogP contribution is 2.51. The van der Waals surface area contributed by atoms with Crippen LogP contribution in [0.4, 0.5) is 8.78 Å². The second kappa shape index (κ2) is 4.91. The zero-order chi connectivity index (χ0) is 13.3. The molecule has 0 bridgehead atoms. The monoisotopic (exact) mass is 242 g/mol. The van der Waals surface area contributed by atoms with E-state index < -0.39 is 5.92 Å². The van der Waals surface area contributed by atoms with E-state index in [1.54, 1.807) is 6.08 Å². The lowest BCUT2D eigenvalue weighted by atomic mass is 9.59. The van der Waals surface area contributed by atoms with Crippen LogP contribution in [-0.4, -0.2) is 5.92 Å². The highest BCUT2D eigenvalue weighted by atomic mass is 19.3. The van der Waals surface area contributed by atoms with Crippen LogP contribution in [0.1, 0.15) is 47.5 Å². The molecule has 2 rings (SSSR count). The van der Waals surface area contributed by atoms with Crippen molar-refractivity contribution in [1.29, 1.82) is 0 Å². The van der Waals surface area contributed by atoms with E-state index in [0.29, 0.717) is 11.8 Å². The van der Waals surface area contributed by atoms with E-state index in [0.717, 1.165) is 24.5 Å². The third-order valence-electron chi connectivity index (χ3n) is 4.38. The van der Waals surface area contributed by atoms with Crippen molar-refractivity contribution in [3.05, 3.63) is 23.8 Å². The summed E-state index contributed by atoms with van der Waals surface area (Å²) in [6, 6.07) is 0. The van der Waals surface area contributed by atoms with Gasteiger partial charge in [0, 0.05) is 5.41 Å². The molecule has 0 spiro atoms. The van der Waals surface area contributed by atoms with E-state index in [1.165, 1.54) is 6.08 Å². The van der Waals surface area contributed by atoms with Gasteiger partial charge in [-0.1, -0.05) is 46.3 Å². The largest absolute Gasteiger partial charge is 0.285 e. The predicted octanol–water partition coefficient (Wildman–Crippen LogP) is 5.22. The average Bonchev–Trinajstić information content (AvgIpc) is 2.30. The Hall–Kier alpha value is -0.660. The molecule has 0 saturated heterocycles. The van der Waals surface area contributed by atoms with E-state index in [9.17, 15) is 8.78 Å². The Morgan fingerprint density at radius 3 is 2.35 bits per heavy atom. The Morgan fingerprint density at radius 2 is 1.76 bits per heavy atom. The van der Waals surface area contributed by atoms with Crippen molar-refractivity contribution in [3.63, 3.8) is 0 Å². The fourth-order valence-corrected chi connectivity index (χ4v) is 2.84. The maximum Gasteiger partial charge on any atom is 0.285 e. The van der Waals surface area contributed by atoms with Crippen LogP contribution in [0, 0.1) is 17.3 Å². The van der Waals surface area contributed by atoms with E-state index in [4.69, 9.17) is 0 Å². The smallest absolute Gasteiger partial charge is 0.197 e. The minimum Gasteiger partial charge on any atom is -0.197 e. The van der Waals surface area contributed by atoms with Gasteiger partial charge >= 0.3 is 0 Å². The first kappa shape index (κ1) is 14.4. The van der Waals surface area contributed by atoms with Crippen molar-refractivity contribution in [2.24, 2.45) is 17.3 Å². The number of hydrogen-bond donors (Lipinski definition) is 0. The second-order valence-electron chi connectivity index (χ2n) is 5.26. The van der Waals surface area contributed by atoms with Crippen LogP contribution in [-0.2, 0) is 0 Å². The van der Waals surface area contributed by atoms with Gasteiger partial charge < -0.3 is 0 Å². The maximum atomic E-state index is 13.2. The number of allylic oxidation sites excluding steroid dienone is 4. The fourth-order valence-electron chi connectivity index (χ4n) is 2.84. The molecule has 0 aliphatic heterocycles. The molecule has 0 N–H and O–H groups in total. The van der Waals surface area contributed by atoms with Crippen LogP contribution in [0.5, 0.6) is 0 Å². The first-order valence-corrected chi connectivity index (χ1v) is 6.65. The number of alkyl halides is 2. The summed E-state index contributed by atoms with van der Waals surface area (Å²) in [7, 11) is 0. The van der Waals surface area contributed by atoms with Crippen molar-refractivity contribution < 1.29 is 8.78 Å². The van der Waals surface area contributed by atoms with Gasteiger partial charge in [-0.05, 0) is 36.8 Å². The number of hydrogen-bond acceptors (Lipinski definition) is 0. The number of fused-ring (bicyclic) bond motifs is 1. The molecular formula is C15H24F2. The zero-order valence-electron chi connectivity index (χ0n) is 11.6. The van der Waals surface area contributed by atoms with Crippen LogP contribution in [0.25, 0.3) is 0 Å². The van der Waals surface area contributed by atoms with Crippen molar-refractivity contribution in [2.45, 2.75) is 53.4 Å². The molecule has 0 aromatic rings. The second-order valence-corrected chi connectivity index (χ2v) is 5.26. The maximum absolute atomic E-state index is 13.2. The molecule has 0 heterocycles. The Balaban J connectivity index is 0.000000686. The minimum absolute atomic E-state index is 0.140. The van der Waals surface area contributed by atoms with Gasteiger partial charge in [0.05, 0.1) is 0 Å². The first-order valence-electron chi connectivity index (χ1n) is 6.65. The minimum atomic E-state index is -2.73. The lowest BCUT2D eigenvalue weighted by molar-refractivity contribution is 0.0917. The summed E-state index contributed by atoms with van der Waals surface area (Å²) in [6.45, 7) is 10.5. The van der Waals surface area contributed by atoms with E-state index in [-0.39, 0.29) is 5.41 Å². The number of halogens is 2. The van der Waals surface area contributed by atoms with Crippen LogP contribution >= 0.6 is 0 Å². The standard InChI is InChI=1S/C13H18F2.C2H6/c1-9-4-5-11-8-13(14,15)7-6-12(11,3)10(9)2;1-2/h6-10H,4-5H2,1-3H3;1-2H3. The molecule has 2 aliphatic rings. The predicted molar refractivity (Wildman–Crippen MR) is 69.2 cm³/mol. The van der Waals surface area contributed by atoms with E-state index in [2.05, 4.69) is 20.8 Å². The van der Waals surface area contributed by atoms with Gasteiger partial charge in [-0.15, -0.1) is 0 Å². The summed E-state index contributed by atoms with van der Waals surface area (Å²) < 4.78 is 26.4. The quantitative estimate of drug-likeness (QED) is 0.511. The van der Waals surface area contributed by atoms with Gasteiger partial charge in [-0.3, -0.25) is 0 Å². The summed E-state index contributed by atoms with van der Waals surface area (Å²) in [4.78, 5) is 0. The van der Waals surface area contributed by atoms with Gasteiger partial charge in [0.25, 0.3) is 5.92 Å². The Labute approximate surface area is 104 Å². The molecule has 17 heavy (non-hydrogen) atoms. The molecule has 3 unspecified atom stereocenters. The van der Waals surface area contributed by atoms with Crippen LogP contribution in [0.15, 0.2) is 23.8 Å². The van der Waals surface area contributed by atoms with Gasteiger partial charge in [0.2, 0.25) is 0 Å². The van der Waals surface area contributed by atoms with Gasteiger partial charge in [-0.2, -0.15) is 8.78 Å². The molecule has 1 saturated carbocycles. The number of rotatable bonds is 0. The molecule has 98 valence electrons. The molecule has 0 nitrogen and oxygen atoms in total. The van der Waals surface area contributed by atoms with Crippen molar-refractivity contribution in [3.8, 4) is 0 Å². The SMILES string of the molecule is CC.CC1CCC2=CC(F)(F)C=CC2(C)C1C. The first-order chi connectivity index (χ1) is 7.85. The molecule has 3 atom stereocenters. The summed E-state index contributed by atoms with van der Waals surface area (Å²) in [5, 5.41) is 0. The Morgan fingerprint density at radius 1 is 1.18 bits per heavy atom. The Kier molecular flexibility index (Phi) is 4.16. The van der Waals surface area contributed by atoms with E-state index in [1.807, 2.05) is 13.8 Å². The van der Waals surface area contributed by atoms with Crippen LogP contribution in [0.3, 0.4) is 0 Å². The summed E-state index contributed by atoms with van der Waals surface area (Å²) >= 11 is 0. The molecule has 0 aromatic carbocycles. The van der Waals surface area contributed by atoms with Crippen LogP contribution in [0.2, 0.25) is 0 Å². The normalized spacial score (nSPS) is 38.6. The van der Waals surface area contributed by atoms with Crippen molar-refractivity contribution in [1.82, 2.24) is 0 Å². The van der Waals surface area contributed by atoms with Crippen molar-refractivity contribution >= 4 is 0 Å². The molecule has 0 amide bonds. The molecule has 0 aromatic heterocycles. The van der Waals surface area contributed by atoms with Gasteiger partial charge in [-0.25, -0.2) is 0 Å². The molecule has 2 aliphatic carbocycles. The van der Waals surface area contributed by atoms with Crippen molar-refractivity contribution in [2.75, 3.05) is 0 Å². The summed E-state index contributed by atoms with van der Waals surface area (Å²) in [5.41, 5.74) is 0.792. The summed E-state index contributed by atoms with van der Waals surface area (Å²) in [6.07, 6.45) is 5.82. The van der Waals surface area contributed by atoms with Gasteiger partial charge in [0.1, 0.15) is 0 Å².